The second-order valence-electron chi connectivity index (χ2n) is 10.4. The Bertz CT molecular complexity index is 980. The second-order valence-corrected chi connectivity index (χ2v) is 10.9. The fourth-order valence-corrected chi connectivity index (χ4v) is 3.43. The van der Waals surface area contributed by atoms with Crippen LogP contribution in [0.4, 0.5) is 10.8 Å². The Morgan fingerprint density at radius 3 is 2.33 bits per heavy atom. The number of carbonyl (C=O) groups excluding carboxylic acids is 2. The van der Waals surface area contributed by atoms with Crippen LogP contribution in [-0.2, 0) is 14.0 Å². The maximum absolute atomic E-state index is 12.9. The maximum Gasteiger partial charge on any atom is 0.494 e. The van der Waals surface area contributed by atoms with Gasteiger partial charge in [0.05, 0.1) is 22.1 Å². The second kappa shape index (κ2) is 8.49. The van der Waals surface area contributed by atoms with E-state index in [1.807, 2.05) is 39.8 Å². The molecule has 2 heterocycles. The molecule has 33 heavy (non-hydrogen) atoms. The number of oxazole rings is 1. The molecule has 0 spiro atoms. The van der Waals surface area contributed by atoms with Crippen LogP contribution in [0, 0.1) is 0 Å². The van der Waals surface area contributed by atoms with Gasteiger partial charge in [-0.3, -0.25) is 4.79 Å². The lowest BCUT2D eigenvalue weighted by atomic mass is 9.72. The molecule has 0 saturated carbocycles. The first-order valence-corrected chi connectivity index (χ1v) is 11.1. The van der Waals surface area contributed by atoms with Crippen LogP contribution in [0.15, 0.2) is 34.4 Å². The number of nitrogens with one attached hydrogen (secondary N) is 2. The Morgan fingerprint density at radius 1 is 1.15 bits per heavy atom. The van der Waals surface area contributed by atoms with E-state index in [0.29, 0.717) is 0 Å². The van der Waals surface area contributed by atoms with E-state index in [2.05, 4.69) is 15.6 Å². The van der Waals surface area contributed by atoms with Gasteiger partial charge in [0.1, 0.15) is 11.9 Å². The fourth-order valence-electron chi connectivity index (χ4n) is 3.24. The van der Waals surface area contributed by atoms with E-state index in [0.717, 1.165) is 11.7 Å². The maximum atomic E-state index is 12.9. The molecule has 0 aromatic carbocycles. The van der Waals surface area contributed by atoms with Gasteiger partial charge in [-0.1, -0.05) is 18.2 Å². The van der Waals surface area contributed by atoms with Crippen LogP contribution in [0.1, 0.15) is 65.9 Å². The zero-order valence-corrected chi connectivity index (χ0v) is 21.0. The third kappa shape index (κ3) is 5.62. The number of alkyl halides is 1. The van der Waals surface area contributed by atoms with Crippen LogP contribution >= 0.6 is 11.6 Å². The molecule has 11 heteroatoms. The molecule has 1 saturated heterocycles. The number of anilines is 1. The van der Waals surface area contributed by atoms with Crippen molar-refractivity contribution in [3.8, 4) is 0 Å². The van der Waals surface area contributed by atoms with Crippen molar-refractivity contribution >= 4 is 36.7 Å². The number of nitrogens with zero attached hydrogens (tertiary/aromatic N) is 1. The van der Waals surface area contributed by atoms with Gasteiger partial charge >= 0.3 is 19.2 Å². The summed E-state index contributed by atoms with van der Waals surface area (Å²) in [7, 11) is -0.594. The van der Waals surface area contributed by atoms with Gasteiger partial charge in [-0.15, -0.1) is 11.6 Å². The summed E-state index contributed by atoms with van der Waals surface area (Å²) >= 11 is 6.53. The Hall–Kier alpha value is -2.30. The highest BCUT2D eigenvalue weighted by Gasteiger charge is 2.53. The molecule has 1 aromatic heterocycles. The minimum atomic E-state index is -0.954. The third-order valence-corrected chi connectivity index (χ3v) is 6.35. The van der Waals surface area contributed by atoms with Crippen LogP contribution in [0.2, 0.25) is 0 Å². The molecule has 2 aliphatic rings. The molecular weight excluding hydrogens is 449 g/mol. The van der Waals surface area contributed by atoms with Gasteiger partial charge < -0.3 is 23.8 Å². The topological polar surface area (TPSA) is 112 Å². The van der Waals surface area contributed by atoms with E-state index in [9.17, 15) is 9.59 Å². The SMILES string of the molecule is CC(C)(C)OC(=O)Nc1nc(C(=O)NC2(C)C=C(B3OC(C)(C)C(C)(C)O3)C=C[C@@H]2Cl)co1. The summed E-state index contributed by atoms with van der Waals surface area (Å²) in [6, 6.07) is -0.154. The number of rotatable bonds is 4. The van der Waals surface area contributed by atoms with Crippen molar-refractivity contribution in [3.63, 3.8) is 0 Å². The smallest absolute Gasteiger partial charge is 0.443 e. The lowest BCUT2D eigenvalue weighted by Gasteiger charge is -2.34. The highest BCUT2D eigenvalue weighted by atomic mass is 35.5. The van der Waals surface area contributed by atoms with E-state index in [4.69, 9.17) is 30.1 Å². The molecule has 3 rings (SSSR count). The van der Waals surface area contributed by atoms with E-state index in [-0.39, 0.29) is 11.7 Å². The summed E-state index contributed by atoms with van der Waals surface area (Å²) in [5.41, 5.74) is -1.91. The molecule has 1 aliphatic heterocycles. The molecule has 9 nitrogen and oxygen atoms in total. The molecule has 0 radical (unpaired) electrons. The van der Waals surface area contributed by atoms with Gasteiger partial charge in [-0.25, -0.2) is 10.1 Å². The molecule has 1 unspecified atom stereocenters. The van der Waals surface area contributed by atoms with Crippen molar-refractivity contribution in [1.82, 2.24) is 10.3 Å². The summed E-state index contributed by atoms with van der Waals surface area (Å²) in [6.07, 6.45) is 5.85. The van der Waals surface area contributed by atoms with Gasteiger partial charge in [0, 0.05) is 0 Å². The Kier molecular flexibility index (Phi) is 6.51. The summed E-state index contributed by atoms with van der Waals surface area (Å²) in [4.78, 5) is 28.8. The molecule has 1 aliphatic carbocycles. The Balaban J connectivity index is 1.72. The quantitative estimate of drug-likeness (QED) is 0.490. The summed E-state index contributed by atoms with van der Waals surface area (Å²) in [5.74, 6) is -0.524. The normalized spacial score (nSPS) is 26.0. The molecule has 1 fully saturated rings. The minimum absolute atomic E-state index is 0.0220. The summed E-state index contributed by atoms with van der Waals surface area (Å²) in [5, 5.41) is 4.71. The number of halogens is 1. The van der Waals surface area contributed by atoms with Gasteiger partial charge in [0.25, 0.3) is 5.91 Å². The first-order chi connectivity index (χ1) is 15.0. The number of amides is 2. The zero-order chi connectivity index (χ0) is 24.8. The van der Waals surface area contributed by atoms with Crippen molar-refractivity contribution in [3.05, 3.63) is 35.7 Å². The standard InChI is InChI=1S/C22H31BClN3O6/c1-19(2,3)31-18(29)26-17-25-14(12-30-17)16(28)27-22(8)11-13(9-10-15(22)24)23-32-20(4,5)21(6,7)33-23/h9-12,15H,1-8H3,(H,27,28)(H,25,26,29)/t15-,22?/m0/s1. The van der Waals surface area contributed by atoms with Crippen molar-refractivity contribution in [2.75, 3.05) is 5.32 Å². The third-order valence-electron chi connectivity index (χ3n) is 5.75. The Labute approximate surface area is 199 Å². The van der Waals surface area contributed by atoms with E-state index < -0.39 is 46.8 Å². The van der Waals surface area contributed by atoms with Crippen LogP contribution in [0.25, 0.3) is 0 Å². The number of hydrogen-bond donors (Lipinski definition) is 2. The van der Waals surface area contributed by atoms with Gasteiger partial charge in [-0.05, 0) is 60.9 Å². The van der Waals surface area contributed by atoms with Crippen LogP contribution < -0.4 is 10.6 Å². The molecule has 2 N–H and O–H groups in total. The van der Waals surface area contributed by atoms with Gasteiger partial charge in [0.15, 0.2) is 5.69 Å². The molecule has 2 amide bonds. The number of aromatic nitrogens is 1. The predicted molar refractivity (Wildman–Crippen MR) is 125 cm³/mol. The van der Waals surface area contributed by atoms with E-state index in [1.165, 1.54) is 0 Å². The average molecular weight is 480 g/mol. The number of ether oxygens (including phenoxy) is 1. The van der Waals surface area contributed by atoms with Crippen LogP contribution in [0.3, 0.4) is 0 Å². The fraction of sp³-hybridized carbons (Fsp3) is 0.591. The molecular formula is C22H31BClN3O6. The minimum Gasteiger partial charge on any atom is -0.443 e. The highest BCUT2D eigenvalue weighted by Crippen LogP contribution is 2.40. The van der Waals surface area contributed by atoms with Crippen molar-refractivity contribution in [1.29, 1.82) is 0 Å². The van der Waals surface area contributed by atoms with Crippen molar-refractivity contribution in [2.24, 2.45) is 0 Å². The van der Waals surface area contributed by atoms with Gasteiger partial charge in [-0.2, -0.15) is 4.98 Å². The average Bonchev–Trinajstić information content (AvgIpc) is 3.17. The molecule has 2 atom stereocenters. The van der Waals surface area contributed by atoms with Crippen LogP contribution in [0.5, 0.6) is 0 Å². The molecule has 180 valence electrons. The first kappa shape index (κ1) is 25.3. The zero-order valence-electron chi connectivity index (χ0n) is 20.2. The van der Waals surface area contributed by atoms with Gasteiger partial charge in [0.2, 0.25) is 0 Å². The lowest BCUT2D eigenvalue weighted by molar-refractivity contribution is 0.00578. The molecule has 0 bridgehead atoms. The Morgan fingerprint density at radius 2 is 1.76 bits per heavy atom. The predicted octanol–water partition coefficient (Wildman–Crippen LogP) is 4.25. The summed E-state index contributed by atoms with van der Waals surface area (Å²) in [6.45, 7) is 14.9. The largest absolute Gasteiger partial charge is 0.494 e. The lowest BCUT2D eigenvalue weighted by Crippen LogP contribution is -2.52. The number of carbonyl (C=O) groups is 2. The van der Waals surface area contributed by atoms with E-state index in [1.54, 1.807) is 33.8 Å². The monoisotopic (exact) mass is 479 g/mol. The van der Waals surface area contributed by atoms with E-state index >= 15 is 0 Å². The van der Waals surface area contributed by atoms with Crippen molar-refractivity contribution in [2.45, 2.75) is 83.1 Å². The first-order valence-electron chi connectivity index (χ1n) is 10.7. The van der Waals surface area contributed by atoms with Crippen molar-refractivity contribution < 1.29 is 28.1 Å². The molecule has 1 aromatic rings. The number of allylic oxidation sites excluding steroid dienone is 2. The number of hydrogen-bond acceptors (Lipinski definition) is 7. The summed E-state index contributed by atoms with van der Waals surface area (Å²) < 4.78 is 22.6. The van der Waals surface area contributed by atoms with Crippen LogP contribution in [-0.4, -0.2) is 51.8 Å². The highest BCUT2D eigenvalue weighted by molar-refractivity contribution is 6.55.